The first kappa shape index (κ1) is 26.5. The second-order valence-corrected chi connectivity index (χ2v) is 12.1. The zero-order valence-electron chi connectivity index (χ0n) is 20.1. The summed E-state index contributed by atoms with van der Waals surface area (Å²) in [7, 11) is -8.37. The van der Waals surface area contributed by atoms with Crippen LogP contribution in [0.25, 0.3) is 0 Å². The quantitative estimate of drug-likeness (QED) is 0.388. The van der Waals surface area contributed by atoms with E-state index < -0.39 is 20.2 Å². The summed E-state index contributed by atoms with van der Waals surface area (Å²) in [5, 5.41) is 0. The Kier molecular flexibility index (Phi) is 7.98. The molecule has 0 amide bonds. The minimum absolute atomic E-state index is 0.0575. The lowest BCUT2D eigenvalue weighted by molar-refractivity contribution is 0.298. The standard InChI is InChI=1S/C24H34O6S2/c1-14(2)21-11-20(12-22(15(3)4)24(21)31(25,26)27)19(8)13-30-32(28,29)23-17(6)9-16(5)10-18(23)7/h9-12,14-15,19H,13H2,1-8H3,(H,25,26,27). The predicted octanol–water partition coefficient (Wildman–Crippen LogP) is 5.61. The summed E-state index contributed by atoms with van der Waals surface area (Å²) in [6.45, 7) is 14.6. The zero-order valence-corrected chi connectivity index (χ0v) is 21.7. The van der Waals surface area contributed by atoms with Gasteiger partial charge in [0, 0.05) is 5.92 Å². The van der Waals surface area contributed by atoms with E-state index in [2.05, 4.69) is 0 Å². The first-order valence-electron chi connectivity index (χ1n) is 10.7. The van der Waals surface area contributed by atoms with Gasteiger partial charge in [-0.05, 0) is 60.4 Å². The average Bonchev–Trinajstić information content (AvgIpc) is 2.63. The molecule has 0 aliphatic rings. The summed E-state index contributed by atoms with van der Waals surface area (Å²) in [5.41, 5.74) is 4.03. The van der Waals surface area contributed by atoms with Gasteiger partial charge in [-0.15, -0.1) is 0 Å². The summed E-state index contributed by atoms with van der Waals surface area (Å²) in [6, 6.07) is 7.07. The highest BCUT2D eigenvalue weighted by molar-refractivity contribution is 7.87. The van der Waals surface area contributed by atoms with Crippen molar-refractivity contribution in [3.8, 4) is 0 Å². The summed E-state index contributed by atoms with van der Waals surface area (Å²) in [4.78, 5) is 0.126. The van der Waals surface area contributed by atoms with E-state index in [0.29, 0.717) is 22.3 Å². The lowest BCUT2D eigenvalue weighted by atomic mass is 9.89. The number of benzene rings is 2. The van der Waals surface area contributed by atoms with Crippen molar-refractivity contribution in [3.05, 3.63) is 57.6 Å². The normalized spacial score (nSPS) is 13.7. The van der Waals surface area contributed by atoms with Gasteiger partial charge in [-0.3, -0.25) is 8.74 Å². The highest BCUT2D eigenvalue weighted by Gasteiger charge is 2.27. The van der Waals surface area contributed by atoms with Crippen molar-refractivity contribution in [2.75, 3.05) is 6.61 Å². The second-order valence-electron chi connectivity index (χ2n) is 9.18. The van der Waals surface area contributed by atoms with E-state index in [9.17, 15) is 21.4 Å². The van der Waals surface area contributed by atoms with Crippen LogP contribution in [0.1, 0.15) is 85.8 Å². The van der Waals surface area contributed by atoms with E-state index in [1.807, 2.05) is 53.7 Å². The minimum Gasteiger partial charge on any atom is -0.282 e. The molecule has 6 nitrogen and oxygen atoms in total. The first-order chi connectivity index (χ1) is 14.6. The first-order valence-corrected chi connectivity index (χ1v) is 13.5. The van der Waals surface area contributed by atoms with Gasteiger partial charge in [0.15, 0.2) is 0 Å². The highest BCUT2D eigenvalue weighted by Crippen LogP contribution is 2.35. The fraction of sp³-hybridized carbons (Fsp3) is 0.500. The van der Waals surface area contributed by atoms with Gasteiger partial charge >= 0.3 is 0 Å². The van der Waals surface area contributed by atoms with Gasteiger partial charge in [0.05, 0.1) is 11.5 Å². The average molecular weight is 483 g/mol. The summed E-state index contributed by atoms with van der Waals surface area (Å²) in [5.74, 6) is -0.626. The maximum Gasteiger partial charge on any atom is 0.297 e. The monoisotopic (exact) mass is 482 g/mol. The molecule has 2 rings (SSSR count). The molecule has 0 saturated heterocycles. The summed E-state index contributed by atoms with van der Waals surface area (Å²) >= 11 is 0. The zero-order chi connectivity index (χ0) is 24.6. The molecule has 0 spiro atoms. The van der Waals surface area contributed by atoms with Crippen LogP contribution in [-0.2, 0) is 24.4 Å². The Morgan fingerprint density at radius 3 is 1.59 bits per heavy atom. The van der Waals surface area contributed by atoms with Crippen molar-refractivity contribution in [1.29, 1.82) is 0 Å². The van der Waals surface area contributed by atoms with Crippen LogP contribution in [-0.4, -0.2) is 28.0 Å². The molecular weight excluding hydrogens is 448 g/mol. The minimum atomic E-state index is -4.41. The van der Waals surface area contributed by atoms with Gasteiger partial charge in [-0.2, -0.15) is 16.8 Å². The molecular formula is C24H34O6S2. The third-order valence-electron chi connectivity index (χ3n) is 5.57. The largest absolute Gasteiger partial charge is 0.297 e. The van der Waals surface area contributed by atoms with Crippen molar-refractivity contribution in [2.24, 2.45) is 0 Å². The van der Waals surface area contributed by atoms with Crippen molar-refractivity contribution in [1.82, 2.24) is 0 Å². The van der Waals surface area contributed by atoms with Crippen LogP contribution in [0.5, 0.6) is 0 Å². The van der Waals surface area contributed by atoms with Crippen LogP contribution in [0.4, 0.5) is 0 Å². The topological polar surface area (TPSA) is 97.7 Å². The Hall–Kier alpha value is -1.74. The molecule has 0 heterocycles. The third-order valence-corrected chi connectivity index (χ3v) is 8.15. The van der Waals surface area contributed by atoms with E-state index in [1.54, 1.807) is 26.0 Å². The van der Waals surface area contributed by atoms with Gasteiger partial charge in [0.2, 0.25) is 0 Å². The molecule has 0 aromatic heterocycles. The molecule has 8 heteroatoms. The van der Waals surface area contributed by atoms with Gasteiger partial charge in [-0.1, -0.05) is 64.4 Å². The molecule has 1 N–H and O–H groups in total. The molecule has 2 aromatic rings. The molecule has 0 radical (unpaired) electrons. The lowest BCUT2D eigenvalue weighted by Gasteiger charge is -2.22. The molecule has 2 aromatic carbocycles. The molecule has 0 bridgehead atoms. The van der Waals surface area contributed by atoms with Gasteiger partial charge in [-0.25, -0.2) is 0 Å². The maximum atomic E-state index is 12.9. The van der Waals surface area contributed by atoms with Gasteiger partial charge < -0.3 is 0 Å². The number of hydrogen-bond acceptors (Lipinski definition) is 5. The molecule has 178 valence electrons. The fourth-order valence-corrected chi connectivity index (χ4v) is 6.64. The fourth-order valence-electron chi connectivity index (χ4n) is 4.05. The Labute approximate surface area is 192 Å². The Morgan fingerprint density at radius 1 is 0.781 bits per heavy atom. The van der Waals surface area contributed by atoms with E-state index in [1.165, 1.54) is 0 Å². The van der Waals surface area contributed by atoms with Crippen molar-refractivity contribution < 1.29 is 25.6 Å². The van der Waals surface area contributed by atoms with Gasteiger partial charge in [0.1, 0.15) is 4.90 Å². The molecule has 0 aliphatic carbocycles. The molecule has 1 atom stereocenters. The van der Waals surface area contributed by atoms with E-state index in [4.69, 9.17) is 4.18 Å². The van der Waals surface area contributed by atoms with Crippen LogP contribution in [0.15, 0.2) is 34.1 Å². The molecule has 0 saturated carbocycles. The highest BCUT2D eigenvalue weighted by atomic mass is 32.2. The number of rotatable bonds is 8. The van der Waals surface area contributed by atoms with Crippen molar-refractivity contribution in [3.63, 3.8) is 0 Å². The molecule has 32 heavy (non-hydrogen) atoms. The Balaban J connectivity index is 2.45. The summed E-state index contributed by atoms with van der Waals surface area (Å²) < 4.78 is 65.4. The third kappa shape index (κ3) is 5.78. The number of hydrogen-bond donors (Lipinski definition) is 1. The lowest BCUT2D eigenvalue weighted by Crippen LogP contribution is -2.16. The van der Waals surface area contributed by atoms with E-state index in [-0.39, 0.29) is 34.2 Å². The van der Waals surface area contributed by atoms with Crippen LogP contribution in [0, 0.1) is 20.8 Å². The second kappa shape index (κ2) is 9.63. The maximum absolute atomic E-state index is 12.9. The summed E-state index contributed by atoms with van der Waals surface area (Å²) in [6.07, 6.45) is 0. The van der Waals surface area contributed by atoms with Crippen LogP contribution in [0.3, 0.4) is 0 Å². The predicted molar refractivity (Wildman–Crippen MR) is 127 cm³/mol. The van der Waals surface area contributed by atoms with Crippen LogP contribution >= 0.6 is 0 Å². The van der Waals surface area contributed by atoms with Crippen molar-refractivity contribution >= 4 is 20.2 Å². The number of aryl methyl sites for hydroxylation is 3. The van der Waals surface area contributed by atoms with E-state index in [0.717, 1.165) is 11.1 Å². The van der Waals surface area contributed by atoms with Crippen molar-refractivity contribution in [2.45, 2.75) is 82.9 Å². The van der Waals surface area contributed by atoms with Gasteiger partial charge in [0.25, 0.3) is 20.2 Å². The van der Waals surface area contributed by atoms with E-state index >= 15 is 0 Å². The molecule has 0 aliphatic heterocycles. The Bertz CT molecular complexity index is 1160. The molecule has 1 unspecified atom stereocenters. The Morgan fingerprint density at radius 2 is 1.22 bits per heavy atom. The SMILES string of the molecule is Cc1cc(C)c(S(=O)(=O)OCC(C)c2cc(C(C)C)c(S(=O)(=O)O)c(C(C)C)c2)c(C)c1. The van der Waals surface area contributed by atoms with Crippen LogP contribution < -0.4 is 0 Å². The smallest absolute Gasteiger partial charge is 0.282 e. The van der Waals surface area contributed by atoms with Crippen LogP contribution in [0.2, 0.25) is 0 Å². The molecule has 0 fully saturated rings.